The molecule has 1 aromatic rings. The van der Waals surface area contributed by atoms with Gasteiger partial charge in [-0.2, -0.15) is 0 Å². The van der Waals surface area contributed by atoms with Gasteiger partial charge in [0, 0.05) is 0 Å². The van der Waals surface area contributed by atoms with E-state index in [9.17, 15) is 9.59 Å². The van der Waals surface area contributed by atoms with E-state index in [1.54, 1.807) is 24.3 Å². The van der Waals surface area contributed by atoms with Gasteiger partial charge < -0.3 is 10.1 Å². The average molecular weight is 268 g/mol. The summed E-state index contributed by atoms with van der Waals surface area (Å²) in [5, 5.41) is 3.04. The van der Waals surface area contributed by atoms with Crippen LogP contribution in [0.15, 0.2) is 24.3 Å². The molecule has 1 saturated carbocycles. The highest BCUT2D eigenvalue weighted by Gasteiger charge is 2.40. The van der Waals surface area contributed by atoms with E-state index in [2.05, 4.69) is 5.32 Å². The topological polar surface area (TPSA) is 55.4 Å². The normalized spacial score (nSPS) is 21.2. The molecule has 0 unspecified atom stereocenters. The van der Waals surface area contributed by atoms with Gasteiger partial charge in [0.1, 0.15) is 0 Å². The van der Waals surface area contributed by atoms with Crippen molar-refractivity contribution in [2.24, 2.45) is 11.8 Å². The first kappa shape index (κ1) is 12.9. The Morgan fingerprint density at radius 1 is 1.44 bits per heavy atom. The van der Waals surface area contributed by atoms with Crippen LogP contribution in [0.4, 0.5) is 5.69 Å². The second-order valence-corrected chi connectivity index (χ2v) is 4.86. The van der Waals surface area contributed by atoms with Gasteiger partial charge in [0.25, 0.3) is 5.91 Å². The summed E-state index contributed by atoms with van der Waals surface area (Å²) < 4.78 is 4.92. The van der Waals surface area contributed by atoms with Crippen LogP contribution in [0.5, 0.6) is 0 Å². The van der Waals surface area contributed by atoms with Gasteiger partial charge in [-0.3, -0.25) is 9.59 Å². The van der Waals surface area contributed by atoms with E-state index in [1.165, 1.54) is 0 Å². The van der Waals surface area contributed by atoms with Crippen molar-refractivity contribution in [3.8, 4) is 0 Å². The Hall–Kier alpha value is -1.55. The Labute approximate surface area is 110 Å². The molecule has 18 heavy (non-hydrogen) atoms. The molecule has 5 heteroatoms. The Bertz CT molecular complexity index is 475. The quantitative estimate of drug-likeness (QED) is 0.853. The summed E-state index contributed by atoms with van der Waals surface area (Å²) in [6.07, 6.45) is 0.852. The first-order valence-corrected chi connectivity index (χ1v) is 6.16. The fraction of sp³-hybridized carbons (Fsp3) is 0.385. The lowest BCUT2D eigenvalue weighted by Crippen LogP contribution is -2.21. The molecular weight excluding hydrogens is 254 g/mol. The number of esters is 1. The molecule has 96 valence electrons. The third-order valence-electron chi connectivity index (χ3n) is 2.91. The third-order valence-corrected chi connectivity index (χ3v) is 3.24. The predicted octanol–water partition coefficient (Wildman–Crippen LogP) is 2.48. The van der Waals surface area contributed by atoms with Crippen LogP contribution in [0.1, 0.15) is 13.3 Å². The number of para-hydroxylation sites is 1. The molecule has 0 aliphatic heterocycles. The molecule has 0 spiro atoms. The smallest absolute Gasteiger partial charge is 0.309 e. The zero-order valence-electron chi connectivity index (χ0n) is 9.98. The van der Waals surface area contributed by atoms with Crippen LogP contribution < -0.4 is 5.32 Å². The molecule has 1 aliphatic rings. The van der Waals surface area contributed by atoms with Gasteiger partial charge >= 0.3 is 5.97 Å². The van der Waals surface area contributed by atoms with Crippen LogP contribution in [0.25, 0.3) is 0 Å². The number of ether oxygens (including phenoxy) is 1. The van der Waals surface area contributed by atoms with Crippen molar-refractivity contribution in [1.29, 1.82) is 0 Å². The lowest BCUT2D eigenvalue weighted by atomic mass is 10.3. The van der Waals surface area contributed by atoms with Crippen LogP contribution in [0.2, 0.25) is 5.02 Å². The van der Waals surface area contributed by atoms with Crippen molar-refractivity contribution >= 4 is 29.2 Å². The molecule has 0 radical (unpaired) electrons. The van der Waals surface area contributed by atoms with Crippen molar-refractivity contribution in [2.45, 2.75) is 13.3 Å². The summed E-state index contributed by atoms with van der Waals surface area (Å²) in [5.41, 5.74) is 0.514. The van der Waals surface area contributed by atoms with E-state index >= 15 is 0 Å². The van der Waals surface area contributed by atoms with Crippen LogP contribution in [-0.2, 0) is 14.3 Å². The highest BCUT2D eigenvalue weighted by molar-refractivity contribution is 6.33. The maximum Gasteiger partial charge on any atom is 0.309 e. The van der Waals surface area contributed by atoms with Crippen LogP contribution in [-0.4, -0.2) is 18.5 Å². The number of carbonyl (C=O) groups excluding carboxylic acids is 2. The van der Waals surface area contributed by atoms with Gasteiger partial charge in [0.15, 0.2) is 6.61 Å². The number of hydrogen-bond donors (Lipinski definition) is 1. The fourth-order valence-electron chi connectivity index (χ4n) is 1.64. The van der Waals surface area contributed by atoms with Gasteiger partial charge in [-0.15, -0.1) is 0 Å². The Kier molecular flexibility index (Phi) is 3.87. The highest BCUT2D eigenvalue weighted by Crippen LogP contribution is 2.38. The minimum atomic E-state index is -0.384. The molecule has 1 N–H and O–H groups in total. The van der Waals surface area contributed by atoms with E-state index in [-0.39, 0.29) is 24.4 Å². The maximum atomic E-state index is 11.5. The van der Waals surface area contributed by atoms with E-state index in [0.29, 0.717) is 16.6 Å². The fourth-order valence-corrected chi connectivity index (χ4v) is 1.83. The van der Waals surface area contributed by atoms with Crippen LogP contribution in [0, 0.1) is 11.8 Å². The number of hydrogen-bond acceptors (Lipinski definition) is 3. The second kappa shape index (κ2) is 5.40. The molecule has 1 aliphatic carbocycles. The Morgan fingerprint density at radius 3 is 2.72 bits per heavy atom. The van der Waals surface area contributed by atoms with Crippen molar-refractivity contribution < 1.29 is 14.3 Å². The second-order valence-electron chi connectivity index (χ2n) is 4.46. The van der Waals surface area contributed by atoms with Crippen molar-refractivity contribution in [1.82, 2.24) is 0 Å². The molecule has 4 nitrogen and oxygen atoms in total. The maximum absolute atomic E-state index is 11.5. The average Bonchev–Trinajstić information content (AvgIpc) is 3.06. The van der Waals surface area contributed by atoms with E-state index in [4.69, 9.17) is 16.3 Å². The summed E-state index contributed by atoms with van der Waals surface area (Å²) in [6.45, 7) is 1.71. The van der Waals surface area contributed by atoms with E-state index < -0.39 is 0 Å². The summed E-state index contributed by atoms with van der Waals surface area (Å²) >= 11 is 5.89. The zero-order valence-corrected chi connectivity index (χ0v) is 10.7. The minimum Gasteiger partial charge on any atom is -0.455 e. The molecule has 1 fully saturated rings. The number of nitrogens with one attached hydrogen (secondary N) is 1. The van der Waals surface area contributed by atoms with Gasteiger partial charge in [-0.05, 0) is 24.5 Å². The lowest BCUT2D eigenvalue weighted by Gasteiger charge is -2.07. The number of carbonyl (C=O) groups is 2. The molecule has 0 heterocycles. The van der Waals surface area contributed by atoms with Gasteiger partial charge in [0.2, 0.25) is 0 Å². The summed E-state index contributed by atoms with van der Waals surface area (Å²) in [5.74, 6) is -0.330. The zero-order chi connectivity index (χ0) is 13.1. The molecule has 1 amide bonds. The number of amides is 1. The van der Waals surface area contributed by atoms with E-state index in [1.807, 2.05) is 6.92 Å². The van der Waals surface area contributed by atoms with Crippen molar-refractivity contribution in [3.63, 3.8) is 0 Å². The molecule has 2 atom stereocenters. The molecule has 0 saturated heterocycles. The van der Waals surface area contributed by atoms with Gasteiger partial charge in [0.05, 0.1) is 16.6 Å². The van der Waals surface area contributed by atoms with E-state index in [0.717, 1.165) is 6.42 Å². The Morgan fingerprint density at radius 2 is 2.11 bits per heavy atom. The number of rotatable bonds is 4. The predicted molar refractivity (Wildman–Crippen MR) is 68.3 cm³/mol. The highest BCUT2D eigenvalue weighted by atomic mass is 35.5. The summed E-state index contributed by atoms with van der Waals surface area (Å²) in [4.78, 5) is 23.0. The summed E-state index contributed by atoms with van der Waals surface area (Å²) in [6, 6.07) is 6.89. The molecular formula is C13H14ClNO3. The number of benzene rings is 1. The van der Waals surface area contributed by atoms with Crippen LogP contribution in [0.3, 0.4) is 0 Å². The monoisotopic (exact) mass is 267 g/mol. The van der Waals surface area contributed by atoms with Gasteiger partial charge in [-0.25, -0.2) is 0 Å². The van der Waals surface area contributed by atoms with Crippen LogP contribution >= 0.6 is 11.6 Å². The number of halogens is 1. The lowest BCUT2D eigenvalue weighted by molar-refractivity contribution is -0.148. The SMILES string of the molecule is C[C@H]1C[C@H]1C(=O)OCC(=O)Nc1ccccc1Cl. The molecule has 2 rings (SSSR count). The first-order valence-electron chi connectivity index (χ1n) is 5.79. The number of anilines is 1. The van der Waals surface area contributed by atoms with Gasteiger partial charge in [-0.1, -0.05) is 30.7 Å². The Balaban J connectivity index is 1.79. The standard InChI is InChI=1S/C13H14ClNO3/c1-8-6-9(8)13(17)18-7-12(16)15-11-5-3-2-4-10(11)14/h2-5,8-9H,6-7H2,1H3,(H,15,16)/t8-,9+/m0/s1. The van der Waals surface area contributed by atoms with Crippen molar-refractivity contribution in [2.75, 3.05) is 11.9 Å². The molecule has 0 bridgehead atoms. The summed E-state index contributed by atoms with van der Waals surface area (Å²) in [7, 11) is 0. The third kappa shape index (κ3) is 3.23. The largest absolute Gasteiger partial charge is 0.455 e. The first-order chi connectivity index (χ1) is 8.58. The minimum absolute atomic E-state index is 0.0295. The molecule has 1 aromatic carbocycles. The molecule has 0 aromatic heterocycles. The van der Waals surface area contributed by atoms with Crippen molar-refractivity contribution in [3.05, 3.63) is 29.3 Å².